The van der Waals surface area contributed by atoms with E-state index in [2.05, 4.69) is 25.1 Å². The average molecular weight is 965 g/mol. The van der Waals surface area contributed by atoms with Crippen LogP contribution < -0.4 is 19.5 Å². The van der Waals surface area contributed by atoms with Gasteiger partial charge in [0.05, 0.1) is 33.8 Å². The second-order valence-electron chi connectivity index (χ2n) is 16.4. The number of hydrogen-bond donors (Lipinski definition) is 1. The summed E-state index contributed by atoms with van der Waals surface area (Å²) in [6, 6.07) is 33.8. The Hall–Kier alpha value is -6.16. The summed E-state index contributed by atoms with van der Waals surface area (Å²) >= 11 is 1.05. The Morgan fingerprint density at radius 3 is 2.07 bits per heavy atom. The van der Waals surface area contributed by atoms with Gasteiger partial charge in [-0.2, -0.15) is 0 Å². The molecule has 2 aromatic heterocycles. The molecule has 1 aliphatic heterocycles. The summed E-state index contributed by atoms with van der Waals surface area (Å²) in [6.45, 7) is 11.9. The van der Waals surface area contributed by atoms with Gasteiger partial charge in [0.15, 0.2) is 28.7 Å². The molecule has 4 aromatic carbocycles. The first-order valence-corrected chi connectivity index (χ1v) is 24.2. The molecular formula is C49H53N6O11PS. The van der Waals surface area contributed by atoms with E-state index >= 15 is 0 Å². The van der Waals surface area contributed by atoms with E-state index in [-0.39, 0.29) is 61.6 Å². The number of ether oxygens (including phenoxy) is 5. The fraction of sp³-hybridized carbons (Fsp3) is 0.347. The van der Waals surface area contributed by atoms with E-state index < -0.39 is 43.2 Å². The third kappa shape index (κ3) is 12.1. The van der Waals surface area contributed by atoms with E-state index in [0.29, 0.717) is 22.9 Å². The summed E-state index contributed by atoms with van der Waals surface area (Å²) in [4.78, 5) is 42.4. The van der Waals surface area contributed by atoms with Crippen LogP contribution in [0.15, 0.2) is 122 Å². The van der Waals surface area contributed by atoms with Gasteiger partial charge in [0.25, 0.3) is 5.91 Å². The normalized spacial score (nSPS) is 17.0. The summed E-state index contributed by atoms with van der Waals surface area (Å²) in [7, 11) is -1.24. The number of hydrogen-bond acceptors (Lipinski definition) is 15. The largest absolute Gasteiger partial charge is 0.497 e. The summed E-state index contributed by atoms with van der Waals surface area (Å²) in [6.07, 6.45) is 0.0580. The second kappa shape index (κ2) is 22.8. The van der Waals surface area contributed by atoms with Crippen molar-refractivity contribution in [1.29, 1.82) is 0 Å². The number of benzene rings is 4. The molecule has 0 radical (unpaired) electrons. The van der Waals surface area contributed by atoms with Crippen LogP contribution in [0.2, 0.25) is 0 Å². The lowest BCUT2D eigenvalue weighted by molar-refractivity contribution is -0.118. The van der Waals surface area contributed by atoms with Gasteiger partial charge in [-0.1, -0.05) is 105 Å². The van der Waals surface area contributed by atoms with Crippen molar-refractivity contribution in [3.63, 3.8) is 0 Å². The van der Waals surface area contributed by atoms with Crippen molar-refractivity contribution in [1.82, 2.24) is 19.5 Å². The maximum Gasteiger partial charge on any atom is 0.475 e. The molecule has 0 saturated carbocycles. The number of methoxy groups -OCH3 is 2. The van der Waals surface area contributed by atoms with Gasteiger partial charge in [0.1, 0.15) is 54.2 Å². The van der Waals surface area contributed by atoms with Crippen molar-refractivity contribution in [2.24, 2.45) is 5.41 Å². The van der Waals surface area contributed by atoms with Gasteiger partial charge < -0.3 is 33.8 Å². The number of rotatable bonds is 22. The first-order valence-electron chi connectivity index (χ1n) is 21.7. The number of anilines is 1. The third-order valence-corrected chi connectivity index (χ3v) is 13.5. The number of nitrogens with zero attached hydrogens (tertiary/aromatic N) is 5. The minimum atomic E-state index is -4.44. The van der Waals surface area contributed by atoms with Crippen LogP contribution in [0.25, 0.3) is 16.0 Å². The van der Waals surface area contributed by atoms with Crippen molar-refractivity contribution in [3.05, 3.63) is 150 Å². The number of phosphoric acid groups is 1. The van der Waals surface area contributed by atoms with Crippen LogP contribution in [0, 0.1) is 12.0 Å². The van der Waals surface area contributed by atoms with Gasteiger partial charge >= 0.3 is 7.82 Å². The number of aromatic nitrogens is 4. The monoisotopic (exact) mass is 964 g/mol. The van der Waals surface area contributed by atoms with Gasteiger partial charge in [0, 0.05) is 17.6 Å². The lowest BCUT2D eigenvalue weighted by Gasteiger charge is -2.37. The third-order valence-electron chi connectivity index (χ3n) is 10.8. The highest BCUT2D eigenvalue weighted by atomic mass is 32.2. The lowest BCUT2D eigenvalue weighted by atomic mass is 9.80. The molecule has 1 fully saturated rings. The Labute approximate surface area is 399 Å². The average Bonchev–Trinajstić information content (AvgIpc) is 3.97. The van der Waals surface area contributed by atoms with Crippen LogP contribution in [0.5, 0.6) is 17.2 Å². The molecule has 2 unspecified atom stereocenters. The summed E-state index contributed by atoms with van der Waals surface area (Å²) in [5, 5.41) is 2.70. The maximum absolute atomic E-state index is 14.6. The Balaban J connectivity index is 1.23. The zero-order valence-electron chi connectivity index (χ0n) is 38.3. The SMILES string of the molecule is [C-]#[N+]CCOP(=O)(OCCSC(=O)C(C)(C)C)OC1C[C@H](n2cnc3c(NC(=O)COc4ccccc4)ncnc32)O[C@@H]1COC(c1ccccc1)(c1ccc(OC)cc1)c1ccc(OC)cc1. The van der Waals surface area contributed by atoms with Gasteiger partial charge in [0.2, 0.25) is 6.54 Å². The highest BCUT2D eigenvalue weighted by Gasteiger charge is 2.46. The van der Waals surface area contributed by atoms with Crippen molar-refractivity contribution < 1.29 is 51.4 Å². The molecule has 19 heteroatoms. The molecule has 3 heterocycles. The predicted molar refractivity (Wildman–Crippen MR) is 255 cm³/mol. The number of thioether (sulfide) groups is 1. The summed E-state index contributed by atoms with van der Waals surface area (Å²) in [5.74, 6) is 1.70. The quantitative estimate of drug-likeness (QED) is 0.0294. The first kappa shape index (κ1) is 49.7. The van der Waals surface area contributed by atoms with E-state index in [9.17, 15) is 14.2 Å². The zero-order chi connectivity index (χ0) is 48.2. The molecule has 0 spiro atoms. The predicted octanol–water partition coefficient (Wildman–Crippen LogP) is 8.91. The van der Waals surface area contributed by atoms with Crippen LogP contribution in [-0.4, -0.2) is 95.7 Å². The molecule has 1 aliphatic rings. The summed E-state index contributed by atoms with van der Waals surface area (Å²) in [5.41, 5.74) is 1.07. The number of amides is 1. The highest BCUT2D eigenvalue weighted by Crippen LogP contribution is 2.54. The Bertz CT molecular complexity index is 2650. The molecule has 0 bridgehead atoms. The van der Waals surface area contributed by atoms with E-state index in [0.717, 1.165) is 28.5 Å². The van der Waals surface area contributed by atoms with Gasteiger partial charge in [-0.25, -0.2) is 26.1 Å². The standard InChI is InChI=1S/C49H53N6O11PS/c1-48(2,3)47(57)68-28-27-64-67(58,63-26-25-50-4)66-40-29-43(55-33-53-44-45(51-32-52-46(44)55)54-42(56)31-61-39-15-11-8-12-16-39)65-41(40)30-62-49(34-13-9-7-10-14-34,35-17-21-37(59-5)22-18-35)36-19-23-38(60-6)24-20-36/h7-24,32-33,40-41,43H,25-31H2,1-3,5-6H3,(H,51,52,54,56)/t40?,41-,43-,67?/m1/s1. The molecule has 17 nitrogen and oxygen atoms in total. The minimum absolute atomic E-state index is 0.0646. The first-order chi connectivity index (χ1) is 32.9. The number of phosphoric ester groups is 1. The van der Waals surface area contributed by atoms with E-state index in [1.54, 1.807) is 43.1 Å². The molecule has 6 aromatic rings. The van der Waals surface area contributed by atoms with E-state index in [4.69, 9.17) is 43.8 Å². The molecule has 4 atom stereocenters. The molecule has 68 heavy (non-hydrogen) atoms. The van der Waals surface area contributed by atoms with Crippen LogP contribution in [0.3, 0.4) is 0 Å². The Morgan fingerprint density at radius 2 is 1.46 bits per heavy atom. The number of nitrogens with one attached hydrogen (secondary N) is 1. The van der Waals surface area contributed by atoms with Gasteiger partial charge in [-0.3, -0.25) is 27.7 Å². The fourth-order valence-electron chi connectivity index (χ4n) is 7.36. The van der Waals surface area contributed by atoms with E-state index in [1.807, 2.05) is 106 Å². The number of fused-ring (bicyclic) bond motifs is 1. The molecule has 7 rings (SSSR count). The number of carbonyl (C=O) groups excluding carboxylic acids is 2. The fourth-order valence-corrected chi connectivity index (χ4v) is 9.64. The lowest BCUT2D eigenvalue weighted by Crippen LogP contribution is -2.38. The van der Waals surface area contributed by atoms with Gasteiger partial charge in [-0.05, 0) is 53.1 Å². The van der Waals surface area contributed by atoms with Crippen molar-refractivity contribution in [2.75, 3.05) is 58.3 Å². The van der Waals surface area contributed by atoms with Gasteiger partial charge in [-0.15, -0.1) is 0 Å². The molecule has 1 saturated heterocycles. The molecule has 0 aliphatic carbocycles. The summed E-state index contributed by atoms with van der Waals surface area (Å²) < 4.78 is 65.1. The van der Waals surface area contributed by atoms with Crippen LogP contribution in [-0.2, 0) is 42.8 Å². The topological polar surface area (TPSA) is 185 Å². The zero-order valence-corrected chi connectivity index (χ0v) is 40.0. The number of imidazole rings is 1. The smallest absolute Gasteiger partial charge is 0.475 e. The molecular weight excluding hydrogens is 912 g/mol. The van der Waals surface area contributed by atoms with Crippen LogP contribution >= 0.6 is 19.6 Å². The molecule has 356 valence electrons. The van der Waals surface area contributed by atoms with Crippen molar-refractivity contribution in [3.8, 4) is 17.2 Å². The van der Waals surface area contributed by atoms with Crippen LogP contribution in [0.4, 0.5) is 5.82 Å². The molecule has 1 amide bonds. The number of para-hydroxylation sites is 1. The highest BCUT2D eigenvalue weighted by molar-refractivity contribution is 8.13. The Kier molecular flexibility index (Phi) is 16.6. The number of carbonyl (C=O) groups is 2. The second-order valence-corrected chi connectivity index (χ2v) is 19.1. The maximum atomic E-state index is 14.6. The van der Waals surface area contributed by atoms with Crippen molar-refractivity contribution >= 4 is 47.6 Å². The Morgan fingerprint density at radius 1 is 0.838 bits per heavy atom. The minimum Gasteiger partial charge on any atom is -0.497 e. The van der Waals surface area contributed by atoms with Crippen LogP contribution in [0.1, 0.15) is 50.1 Å². The van der Waals surface area contributed by atoms with Crippen molar-refractivity contribution in [2.45, 2.75) is 51.2 Å². The van der Waals surface area contributed by atoms with E-state index in [1.165, 1.54) is 12.7 Å². The molecule has 1 N–H and O–H groups in total.